The van der Waals surface area contributed by atoms with Gasteiger partial charge in [-0.25, -0.2) is 4.39 Å². The third kappa shape index (κ3) is 3.84. The van der Waals surface area contributed by atoms with Gasteiger partial charge in [0.2, 0.25) is 0 Å². The number of hydrogen-bond donors (Lipinski definition) is 1. The van der Waals surface area contributed by atoms with Crippen molar-refractivity contribution in [2.75, 3.05) is 6.54 Å². The molecule has 1 aromatic carbocycles. The van der Waals surface area contributed by atoms with E-state index in [2.05, 4.69) is 26.1 Å². The highest BCUT2D eigenvalue weighted by Gasteiger charge is 2.16. The van der Waals surface area contributed by atoms with Crippen LogP contribution in [0, 0.1) is 18.2 Å². The summed E-state index contributed by atoms with van der Waals surface area (Å²) in [6.45, 7) is 8.57. The van der Waals surface area contributed by atoms with E-state index < -0.39 is 0 Å². The summed E-state index contributed by atoms with van der Waals surface area (Å²) in [5.41, 5.74) is 1.09. The normalized spacial score (nSPS) is 11.4. The molecule has 94 valence electrons. The van der Waals surface area contributed by atoms with Gasteiger partial charge in [-0.3, -0.25) is 4.79 Å². The second-order valence-corrected chi connectivity index (χ2v) is 5.16. The van der Waals surface area contributed by atoms with Crippen LogP contribution in [0.1, 0.15) is 43.1 Å². The molecule has 0 saturated carbocycles. The minimum Gasteiger partial charge on any atom is -0.352 e. The molecule has 1 N–H and O–H groups in total. The van der Waals surface area contributed by atoms with E-state index in [9.17, 15) is 9.18 Å². The lowest BCUT2D eigenvalue weighted by Gasteiger charge is -2.22. The SMILES string of the molecule is CCC(C)(C)CNC(=O)c1ccc(F)c(C)c1. The predicted molar refractivity (Wildman–Crippen MR) is 67.5 cm³/mol. The first-order valence-corrected chi connectivity index (χ1v) is 5.90. The summed E-state index contributed by atoms with van der Waals surface area (Å²) in [5.74, 6) is -0.426. The summed E-state index contributed by atoms with van der Waals surface area (Å²) >= 11 is 0. The van der Waals surface area contributed by atoms with Crippen molar-refractivity contribution in [3.05, 3.63) is 35.1 Å². The topological polar surface area (TPSA) is 29.1 Å². The molecule has 0 unspecified atom stereocenters. The van der Waals surface area contributed by atoms with Gasteiger partial charge < -0.3 is 5.32 Å². The van der Waals surface area contributed by atoms with E-state index >= 15 is 0 Å². The van der Waals surface area contributed by atoms with Gasteiger partial charge >= 0.3 is 0 Å². The Morgan fingerprint density at radius 1 is 1.41 bits per heavy atom. The smallest absolute Gasteiger partial charge is 0.251 e. The van der Waals surface area contributed by atoms with Crippen LogP contribution < -0.4 is 5.32 Å². The zero-order valence-corrected chi connectivity index (χ0v) is 10.9. The summed E-state index contributed by atoms with van der Waals surface area (Å²) in [5, 5.41) is 2.88. The van der Waals surface area contributed by atoms with Crippen LogP contribution in [-0.4, -0.2) is 12.5 Å². The summed E-state index contributed by atoms with van der Waals surface area (Å²) in [6, 6.07) is 4.41. The highest BCUT2D eigenvalue weighted by molar-refractivity contribution is 5.94. The molecular formula is C14H20FNO. The number of benzene rings is 1. The predicted octanol–water partition coefficient (Wildman–Crippen LogP) is 3.30. The van der Waals surface area contributed by atoms with Crippen LogP contribution in [0.25, 0.3) is 0 Å². The lowest BCUT2D eigenvalue weighted by molar-refractivity contribution is 0.0935. The number of carbonyl (C=O) groups excluding carboxylic acids is 1. The molecule has 0 radical (unpaired) electrons. The van der Waals surface area contributed by atoms with E-state index in [-0.39, 0.29) is 17.1 Å². The Morgan fingerprint density at radius 2 is 2.06 bits per heavy atom. The van der Waals surface area contributed by atoms with Gasteiger partial charge in [-0.05, 0) is 42.5 Å². The van der Waals surface area contributed by atoms with Crippen LogP contribution in [0.3, 0.4) is 0 Å². The van der Waals surface area contributed by atoms with E-state index in [0.717, 1.165) is 6.42 Å². The van der Waals surface area contributed by atoms with Crippen LogP contribution in [0.4, 0.5) is 4.39 Å². The Labute approximate surface area is 102 Å². The highest BCUT2D eigenvalue weighted by atomic mass is 19.1. The van der Waals surface area contributed by atoms with Gasteiger partial charge in [0.1, 0.15) is 5.82 Å². The maximum Gasteiger partial charge on any atom is 0.251 e. The highest BCUT2D eigenvalue weighted by Crippen LogP contribution is 2.18. The number of rotatable bonds is 4. The van der Waals surface area contributed by atoms with Crippen LogP contribution in [0.2, 0.25) is 0 Å². The summed E-state index contributed by atoms with van der Waals surface area (Å²) in [7, 11) is 0. The Morgan fingerprint density at radius 3 is 2.59 bits per heavy atom. The monoisotopic (exact) mass is 237 g/mol. The van der Waals surface area contributed by atoms with E-state index in [0.29, 0.717) is 17.7 Å². The largest absolute Gasteiger partial charge is 0.352 e. The molecule has 0 bridgehead atoms. The lowest BCUT2D eigenvalue weighted by atomic mass is 9.90. The fourth-order valence-corrected chi connectivity index (χ4v) is 1.33. The van der Waals surface area contributed by atoms with Gasteiger partial charge in [-0.15, -0.1) is 0 Å². The van der Waals surface area contributed by atoms with Crippen LogP contribution in [0.15, 0.2) is 18.2 Å². The second-order valence-electron chi connectivity index (χ2n) is 5.16. The first-order valence-electron chi connectivity index (χ1n) is 5.90. The Bertz CT molecular complexity index is 413. The van der Waals surface area contributed by atoms with Crippen molar-refractivity contribution in [1.29, 1.82) is 0 Å². The Balaban J connectivity index is 2.68. The van der Waals surface area contributed by atoms with Gasteiger partial charge in [0, 0.05) is 12.1 Å². The van der Waals surface area contributed by atoms with Gasteiger partial charge in [0.15, 0.2) is 0 Å². The third-order valence-corrected chi connectivity index (χ3v) is 3.10. The second kappa shape index (κ2) is 5.30. The van der Waals surface area contributed by atoms with E-state index in [1.807, 2.05) is 0 Å². The number of hydrogen-bond acceptors (Lipinski definition) is 1. The quantitative estimate of drug-likeness (QED) is 0.855. The molecule has 1 amide bonds. The zero-order valence-electron chi connectivity index (χ0n) is 10.9. The van der Waals surface area contributed by atoms with Crippen molar-refractivity contribution in [2.24, 2.45) is 5.41 Å². The minimum atomic E-state index is -0.282. The third-order valence-electron chi connectivity index (χ3n) is 3.10. The van der Waals surface area contributed by atoms with Crippen molar-refractivity contribution in [3.63, 3.8) is 0 Å². The lowest BCUT2D eigenvalue weighted by Crippen LogP contribution is -2.33. The maximum atomic E-state index is 13.1. The fraction of sp³-hybridized carbons (Fsp3) is 0.500. The van der Waals surface area contributed by atoms with Gasteiger partial charge in [-0.1, -0.05) is 20.8 Å². The number of carbonyl (C=O) groups is 1. The summed E-state index contributed by atoms with van der Waals surface area (Å²) in [6.07, 6.45) is 0.996. The van der Waals surface area contributed by atoms with E-state index in [1.165, 1.54) is 12.1 Å². The molecule has 0 saturated heterocycles. The molecule has 3 heteroatoms. The molecule has 0 spiro atoms. The van der Waals surface area contributed by atoms with Crippen molar-refractivity contribution >= 4 is 5.91 Å². The molecule has 0 fully saturated rings. The number of halogens is 1. The zero-order chi connectivity index (χ0) is 13.1. The molecule has 1 rings (SSSR count). The fourth-order valence-electron chi connectivity index (χ4n) is 1.33. The number of aryl methyl sites for hydroxylation is 1. The average Bonchev–Trinajstić information content (AvgIpc) is 2.30. The van der Waals surface area contributed by atoms with Gasteiger partial charge in [0.05, 0.1) is 0 Å². The standard InChI is InChI=1S/C14H20FNO/c1-5-14(3,4)9-16-13(17)11-6-7-12(15)10(2)8-11/h6-8H,5,9H2,1-4H3,(H,16,17). The van der Waals surface area contributed by atoms with Gasteiger partial charge in [-0.2, -0.15) is 0 Å². The molecule has 0 aliphatic rings. The van der Waals surface area contributed by atoms with E-state index in [1.54, 1.807) is 13.0 Å². The summed E-state index contributed by atoms with van der Waals surface area (Å²) < 4.78 is 13.1. The molecule has 0 aromatic heterocycles. The molecule has 0 atom stereocenters. The molecule has 17 heavy (non-hydrogen) atoms. The molecule has 1 aromatic rings. The van der Waals surface area contributed by atoms with Crippen LogP contribution >= 0.6 is 0 Å². The minimum absolute atomic E-state index is 0.0880. The van der Waals surface area contributed by atoms with E-state index in [4.69, 9.17) is 0 Å². The van der Waals surface area contributed by atoms with Crippen molar-refractivity contribution in [3.8, 4) is 0 Å². The first-order chi connectivity index (χ1) is 7.85. The first kappa shape index (κ1) is 13.7. The number of nitrogens with one attached hydrogen (secondary N) is 1. The van der Waals surface area contributed by atoms with Crippen LogP contribution in [-0.2, 0) is 0 Å². The molecule has 2 nitrogen and oxygen atoms in total. The Hall–Kier alpha value is -1.38. The van der Waals surface area contributed by atoms with Gasteiger partial charge in [0.25, 0.3) is 5.91 Å². The maximum absolute atomic E-state index is 13.1. The molecular weight excluding hydrogens is 217 g/mol. The van der Waals surface area contributed by atoms with Crippen molar-refractivity contribution < 1.29 is 9.18 Å². The molecule has 0 heterocycles. The number of amides is 1. The van der Waals surface area contributed by atoms with Crippen molar-refractivity contribution in [1.82, 2.24) is 5.32 Å². The van der Waals surface area contributed by atoms with Crippen molar-refractivity contribution in [2.45, 2.75) is 34.1 Å². The Kier molecular flexibility index (Phi) is 4.27. The molecule has 0 aliphatic carbocycles. The van der Waals surface area contributed by atoms with Crippen LogP contribution in [0.5, 0.6) is 0 Å². The average molecular weight is 237 g/mol. The summed E-state index contributed by atoms with van der Waals surface area (Å²) in [4.78, 5) is 11.8. The molecule has 0 aliphatic heterocycles.